The van der Waals surface area contributed by atoms with Gasteiger partial charge in [-0.2, -0.15) is 0 Å². The minimum Gasteiger partial charge on any atom is -0.505 e. The van der Waals surface area contributed by atoms with Crippen LogP contribution in [0, 0.1) is 13.8 Å². The van der Waals surface area contributed by atoms with E-state index in [1.165, 1.54) is 0 Å². The van der Waals surface area contributed by atoms with Crippen LogP contribution in [0.4, 0.5) is 0 Å². The van der Waals surface area contributed by atoms with Crippen LogP contribution in [0.1, 0.15) is 44.1 Å². The first-order chi connectivity index (χ1) is 12.8. The van der Waals surface area contributed by atoms with Crippen LogP contribution in [0.2, 0.25) is 0 Å². The molecule has 2 aromatic carbocycles. The van der Waals surface area contributed by atoms with E-state index in [4.69, 9.17) is 0 Å². The van der Waals surface area contributed by atoms with Crippen molar-refractivity contribution in [3.63, 3.8) is 0 Å². The Bertz CT molecular complexity index is 1050. The molecule has 0 atom stereocenters. The molecule has 0 unspecified atom stereocenters. The van der Waals surface area contributed by atoms with Gasteiger partial charge in [-0.3, -0.25) is 9.59 Å². The number of phenols is 1. The van der Waals surface area contributed by atoms with Crippen molar-refractivity contribution in [1.29, 1.82) is 0 Å². The van der Waals surface area contributed by atoms with E-state index in [1.54, 1.807) is 19.2 Å². The first-order valence-corrected chi connectivity index (χ1v) is 8.84. The van der Waals surface area contributed by atoms with E-state index in [0.29, 0.717) is 27.7 Å². The zero-order valence-electron chi connectivity index (χ0n) is 16.0. The number of aromatic nitrogens is 2. The highest BCUT2D eigenvalue weighted by Gasteiger charge is 2.22. The molecule has 3 rings (SSSR count). The lowest BCUT2D eigenvalue weighted by atomic mass is 9.95. The number of nitrogens with zero attached hydrogens (tertiary/aromatic N) is 2. The van der Waals surface area contributed by atoms with Gasteiger partial charge in [-0.25, -0.2) is 4.98 Å². The summed E-state index contributed by atoms with van der Waals surface area (Å²) in [6.45, 7) is 3.73. The summed E-state index contributed by atoms with van der Waals surface area (Å²) in [7, 11) is 3.37. The first kappa shape index (κ1) is 18.6. The quantitative estimate of drug-likeness (QED) is 0.681. The zero-order valence-corrected chi connectivity index (χ0v) is 16.0. The molecule has 1 aromatic heterocycles. The van der Waals surface area contributed by atoms with Crippen LogP contribution >= 0.6 is 0 Å². The number of benzene rings is 2. The van der Waals surface area contributed by atoms with Gasteiger partial charge < -0.3 is 15.0 Å². The average Bonchev–Trinajstić information content (AvgIpc) is 2.95. The Morgan fingerprint density at radius 2 is 1.89 bits per heavy atom. The standard InChI is InChI=1S/C21H23N3O3/c1-12-7-5-6-8-14(12)18(25)10-9-15-16(21(27)22-3)11-17-19(20(15)26)23-13(2)24(17)4/h5-8,11,26H,9-10H2,1-4H3,(H,22,27). The van der Waals surface area contributed by atoms with E-state index in [2.05, 4.69) is 10.3 Å². The summed E-state index contributed by atoms with van der Waals surface area (Å²) in [4.78, 5) is 29.4. The molecule has 140 valence electrons. The van der Waals surface area contributed by atoms with E-state index in [9.17, 15) is 14.7 Å². The van der Waals surface area contributed by atoms with Gasteiger partial charge >= 0.3 is 0 Å². The number of hydrogen-bond acceptors (Lipinski definition) is 4. The second-order valence-electron chi connectivity index (χ2n) is 6.65. The maximum atomic E-state index is 12.6. The number of imidazole rings is 1. The summed E-state index contributed by atoms with van der Waals surface area (Å²) < 4.78 is 1.82. The van der Waals surface area contributed by atoms with E-state index < -0.39 is 0 Å². The summed E-state index contributed by atoms with van der Waals surface area (Å²) in [6.07, 6.45) is 0.451. The van der Waals surface area contributed by atoms with Crippen LogP contribution in [0.15, 0.2) is 30.3 Å². The van der Waals surface area contributed by atoms with Gasteiger partial charge in [0.2, 0.25) is 0 Å². The third-order valence-corrected chi connectivity index (χ3v) is 5.00. The SMILES string of the molecule is CNC(=O)c1cc2c(nc(C)n2C)c(O)c1CCC(=O)c1ccccc1C. The average molecular weight is 365 g/mol. The molecule has 6 nitrogen and oxygen atoms in total. The smallest absolute Gasteiger partial charge is 0.251 e. The number of rotatable bonds is 5. The summed E-state index contributed by atoms with van der Waals surface area (Å²) in [5, 5.41) is 13.4. The third-order valence-electron chi connectivity index (χ3n) is 5.00. The Morgan fingerprint density at radius 3 is 2.56 bits per heavy atom. The molecule has 27 heavy (non-hydrogen) atoms. The van der Waals surface area contributed by atoms with Crippen molar-refractivity contribution in [3.8, 4) is 5.75 Å². The molecule has 3 aromatic rings. The predicted molar refractivity (Wildman–Crippen MR) is 104 cm³/mol. The number of carbonyl (C=O) groups excluding carboxylic acids is 2. The van der Waals surface area contributed by atoms with Crippen LogP contribution in [0.5, 0.6) is 5.75 Å². The Hall–Kier alpha value is -3.15. The highest BCUT2D eigenvalue weighted by molar-refractivity contribution is 6.02. The molecule has 0 aliphatic heterocycles. The van der Waals surface area contributed by atoms with Gasteiger partial charge in [-0.1, -0.05) is 24.3 Å². The fraction of sp³-hybridized carbons (Fsp3) is 0.286. The number of fused-ring (bicyclic) bond motifs is 1. The van der Waals surface area contributed by atoms with Crippen LogP contribution in [0.25, 0.3) is 11.0 Å². The molecule has 1 amide bonds. The molecular weight excluding hydrogens is 342 g/mol. The number of phenolic OH excluding ortho intramolecular Hbond substituents is 1. The molecular formula is C21H23N3O3. The summed E-state index contributed by atoms with van der Waals surface area (Å²) in [6, 6.07) is 9.13. The Morgan fingerprint density at radius 1 is 1.19 bits per heavy atom. The third kappa shape index (κ3) is 3.30. The second kappa shape index (κ2) is 7.23. The molecule has 0 radical (unpaired) electrons. The van der Waals surface area contributed by atoms with Gasteiger partial charge in [0.05, 0.1) is 5.52 Å². The number of aromatic hydroxyl groups is 1. The number of hydrogen-bond donors (Lipinski definition) is 2. The number of carbonyl (C=O) groups is 2. The van der Waals surface area contributed by atoms with Crippen molar-refractivity contribution in [2.75, 3.05) is 7.05 Å². The maximum absolute atomic E-state index is 12.6. The monoisotopic (exact) mass is 365 g/mol. The van der Waals surface area contributed by atoms with Gasteiger partial charge in [0, 0.05) is 37.2 Å². The Labute approximate surface area is 157 Å². The molecule has 1 heterocycles. The molecule has 0 saturated heterocycles. The highest BCUT2D eigenvalue weighted by atomic mass is 16.3. The van der Waals surface area contributed by atoms with Crippen molar-refractivity contribution in [2.24, 2.45) is 7.05 Å². The number of ketones is 1. The Kier molecular flexibility index (Phi) is 4.99. The van der Waals surface area contributed by atoms with Gasteiger partial charge in [0.15, 0.2) is 5.78 Å². The fourth-order valence-electron chi connectivity index (χ4n) is 3.31. The molecule has 2 N–H and O–H groups in total. The number of Topliss-reactive ketones (excluding diaryl/α,β-unsaturated/α-hetero) is 1. The molecule has 0 spiro atoms. The van der Waals surface area contributed by atoms with Crippen molar-refractivity contribution < 1.29 is 14.7 Å². The summed E-state index contributed by atoms with van der Waals surface area (Å²) in [5.41, 5.74) is 3.51. The van der Waals surface area contributed by atoms with Crippen molar-refractivity contribution in [2.45, 2.75) is 26.7 Å². The van der Waals surface area contributed by atoms with Crippen LogP contribution in [-0.4, -0.2) is 33.4 Å². The summed E-state index contributed by atoms with van der Waals surface area (Å²) in [5.74, 6) is 0.376. The van der Waals surface area contributed by atoms with Gasteiger partial charge in [-0.15, -0.1) is 0 Å². The molecule has 0 fully saturated rings. The predicted octanol–water partition coefficient (Wildman–Crippen LogP) is 3.07. The van der Waals surface area contributed by atoms with Gasteiger partial charge in [0.1, 0.15) is 17.1 Å². The lowest BCUT2D eigenvalue weighted by Gasteiger charge is -2.12. The number of amides is 1. The van der Waals surface area contributed by atoms with E-state index in [0.717, 1.165) is 11.4 Å². The minimum absolute atomic E-state index is 0.0207. The van der Waals surface area contributed by atoms with Crippen LogP contribution in [0.3, 0.4) is 0 Å². The van der Waals surface area contributed by atoms with E-state index in [1.807, 2.05) is 43.7 Å². The fourth-order valence-corrected chi connectivity index (χ4v) is 3.31. The highest BCUT2D eigenvalue weighted by Crippen LogP contribution is 2.33. The van der Waals surface area contributed by atoms with Crippen LogP contribution < -0.4 is 5.32 Å². The van der Waals surface area contributed by atoms with Crippen molar-refractivity contribution >= 4 is 22.7 Å². The number of nitrogens with one attached hydrogen (secondary N) is 1. The molecule has 6 heteroatoms. The first-order valence-electron chi connectivity index (χ1n) is 8.84. The molecule has 0 aliphatic rings. The normalized spacial score (nSPS) is 11.0. The van der Waals surface area contributed by atoms with Crippen LogP contribution in [-0.2, 0) is 13.5 Å². The minimum atomic E-state index is -0.301. The maximum Gasteiger partial charge on any atom is 0.251 e. The van der Waals surface area contributed by atoms with Crippen molar-refractivity contribution in [1.82, 2.24) is 14.9 Å². The van der Waals surface area contributed by atoms with E-state index in [-0.39, 0.29) is 30.3 Å². The van der Waals surface area contributed by atoms with Gasteiger partial charge in [0.25, 0.3) is 5.91 Å². The largest absolute Gasteiger partial charge is 0.505 e. The second-order valence-corrected chi connectivity index (χ2v) is 6.65. The Balaban J connectivity index is 2.02. The zero-order chi connectivity index (χ0) is 19.7. The number of aryl methyl sites for hydroxylation is 3. The van der Waals surface area contributed by atoms with E-state index >= 15 is 0 Å². The lowest BCUT2D eigenvalue weighted by Crippen LogP contribution is -2.20. The molecule has 0 bridgehead atoms. The van der Waals surface area contributed by atoms with Gasteiger partial charge in [-0.05, 0) is 31.9 Å². The van der Waals surface area contributed by atoms with Crippen molar-refractivity contribution in [3.05, 3.63) is 58.4 Å². The summed E-state index contributed by atoms with van der Waals surface area (Å²) >= 11 is 0. The topological polar surface area (TPSA) is 84.2 Å². The molecule has 0 aliphatic carbocycles. The lowest BCUT2D eigenvalue weighted by molar-refractivity contribution is 0.0954. The molecule has 0 saturated carbocycles.